The molecule has 0 unspecified atom stereocenters. The molecule has 0 aromatic carbocycles. The second kappa shape index (κ2) is 8.68. The number of nitrogens with two attached hydrogens (primary N) is 2. The summed E-state index contributed by atoms with van der Waals surface area (Å²) in [6, 6.07) is -2.17. The number of hydrogen-bond acceptors (Lipinski definition) is 10. The first kappa shape index (κ1) is 21.5. The predicted octanol–water partition coefficient (Wildman–Crippen LogP) is -2.63. The van der Waals surface area contributed by atoms with E-state index in [0.29, 0.717) is 30.9 Å². The minimum Gasteiger partial charge on any atom is -0.403 e. The average molecular weight is 435 g/mol. The van der Waals surface area contributed by atoms with Gasteiger partial charge in [0, 0.05) is 31.5 Å². The van der Waals surface area contributed by atoms with Crippen molar-refractivity contribution in [3.8, 4) is 0 Å². The number of urea groups is 1. The van der Waals surface area contributed by atoms with E-state index in [1.165, 1.54) is 16.1 Å². The van der Waals surface area contributed by atoms with Gasteiger partial charge in [-0.15, -0.1) is 4.28 Å². The smallest absolute Gasteiger partial charge is 0.403 e. The highest BCUT2D eigenvalue weighted by Crippen LogP contribution is 2.30. The first-order chi connectivity index (χ1) is 13.7. The summed E-state index contributed by atoms with van der Waals surface area (Å²) in [6.07, 6.45) is 4.24. The van der Waals surface area contributed by atoms with Crippen molar-refractivity contribution in [1.29, 1.82) is 0 Å². The molecule has 0 radical (unpaired) electrons. The van der Waals surface area contributed by atoms with E-state index in [1.54, 1.807) is 6.20 Å². The number of fused-ring (bicyclic) bond motifs is 2. The van der Waals surface area contributed by atoms with Crippen molar-refractivity contribution in [2.75, 3.05) is 19.7 Å². The van der Waals surface area contributed by atoms with Gasteiger partial charge in [0.25, 0.3) is 5.91 Å². The van der Waals surface area contributed by atoms with E-state index in [9.17, 15) is 18.0 Å². The van der Waals surface area contributed by atoms with E-state index in [1.807, 2.05) is 0 Å². The van der Waals surface area contributed by atoms with Crippen LogP contribution in [0.25, 0.3) is 0 Å². The summed E-state index contributed by atoms with van der Waals surface area (Å²) in [5.41, 5.74) is 7.65. The van der Waals surface area contributed by atoms with Crippen LogP contribution < -0.4 is 22.4 Å². The van der Waals surface area contributed by atoms with Crippen LogP contribution in [0.2, 0.25) is 0 Å². The number of hydrogen-bond donors (Lipinski definition) is 5. The van der Waals surface area contributed by atoms with Gasteiger partial charge >= 0.3 is 16.4 Å². The van der Waals surface area contributed by atoms with Crippen molar-refractivity contribution in [3.63, 3.8) is 0 Å². The summed E-state index contributed by atoms with van der Waals surface area (Å²) in [5, 5.41) is 5.31. The van der Waals surface area contributed by atoms with E-state index >= 15 is 0 Å². The molecule has 15 heteroatoms. The lowest BCUT2D eigenvalue weighted by molar-refractivity contribution is -0.139. The lowest BCUT2D eigenvalue weighted by Crippen LogP contribution is -2.50. The van der Waals surface area contributed by atoms with Gasteiger partial charge < -0.3 is 21.0 Å². The number of hydroxylamine groups is 3. The van der Waals surface area contributed by atoms with Gasteiger partial charge in [0.2, 0.25) is 0 Å². The Labute approximate surface area is 167 Å². The Morgan fingerprint density at radius 1 is 1.45 bits per heavy atom. The van der Waals surface area contributed by atoms with E-state index in [-0.39, 0.29) is 25.2 Å². The SMILES string of the molecule is N/C=C\N(N)[C@@H]1CN[C@@H](CONC(=O)[C@@H]2CC[C@H]3CN2C(=O)N3OS(=O)(=O)O)C1. The fourth-order valence-electron chi connectivity index (χ4n) is 3.76. The molecule has 3 rings (SSSR count). The number of carbonyl (C=O) groups excluding carboxylic acids is 2. The molecule has 0 aromatic rings. The van der Waals surface area contributed by atoms with Crippen molar-refractivity contribution in [2.24, 2.45) is 11.6 Å². The van der Waals surface area contributed by atoms with Crippen LogP contribution in [0.3, 0.4) is 0 Å². The van der Waals surface area contributed by atoms with Crippen LogP contribution in [-0.4, -0.2) is 83.7 Å². The monoisotopic (exact) mass is 435 g/mol. The van der Waals surface area contributed by atoms with Gasteiger partial charge in [-0.05, 0) is 19.3 Å². The van der Waals surface area contributed by atoms with Gasteiger partial charge in [0.1, 0.15) is 6.04 Å². The molecule has 7 N–H and O–H groups in total. The van der Waals surface area contributed by atoms with Crippen molar-refractivity contribution in [2.45, 2.75) is 43.4 Å². The molecule has 3 fully saturated rings. The normalized spacial score (nSPS) is 29.7. The Morgan fingerprint density at radius 3 is 2.90 bits per heavy atom. The highest BCUT2D eigenvalue weighted by atomic mass is 32.3. The van der Waals surface area contributed by atoms with Crippen LogP contribution in [0.1, 0.15) is 19.3 Å². The van der Waals surface area contributed by atoms with Gasteiger partial charge in [-0.1, -0.05) is 0 Å². The maximum absolute atomic E-state index is 12.4. The molecule has 164 valence electrons. The van der Waals surface area contributed by atoms with Crippen LogP contribution in [0.4, 0.5) is 4.79 Å². The lowest BCUT2D eigenvalue weighted by atomic mass is 10.0. The molecule has 4 atom stereocenters. The second-order valence-electron chi connectivity index (χ2n) is 7.07. The zero-order chi connectivity index (χ0) is 21.2. The lowest BCUT2D eigenvalue weighted by Gasteiger charge is -2.29. The molecule has 14 nitrogen and oxygen atoms in total. The Kier molecular flexibility index (Phi) is 6.45. The van der Waals surface area contributed by atoms with E-state index in [2.05, 4.69) is 15.1 Å². The van der Waals surface area contributed by atoms with Gasteiger partial charge in [-0.25, -0.2) is 16.1 Å². The fourth-order valence-corrected chi connectivity index (χ4v) is 4.15. The molecule has 0 saturated carbocycles. The van der Waals surface area contributed by atoms with Crippen molar-refractivity contribution >= 4 is 22.3 Å². The van der Waals surface area contributed by atoms with Crippen LogP contribution in [0.15, 0.2) is 12.4 Å². The Hall–Kier alpha value is -2.17. The van der Waals surface area contributed by atoms with Crippen LogP contribution >= 0.6 is 0 Å². The molecular formula is C14H25N7O7S. The summed E-state index contributed by atoms with van der Waals surface area (Å²) >= 11 is 0. The maximum Gasteiger partial charge on any atom is 0.418 e. The number of nitrogens with zero attached hydrogens (tertiary/aromatic N) is 3. The molecular weight excluding hydrogens is 410 g/mol. The highest BCUT2D eigenvalue weighted by molar-refractivity contribution is 7.80. The van der Waals surface area contributed by atoms with Gasteiger partial charge in [0.05, 0.1) is 18.7 Å². The first-order valence-corrected chi connectivity index (χ1v) is 10.4. The molecule has 3 heterocycles. The number of nitrogens with one attached hydrogen (secondary N) is 2. The number of carbonyl (C=O) groups is 2. The fraction of sp³-hybridized carbons (Fsp3) is 0.714. The summed E-state index contributed by atoms with van der Waals surface area (Å²) in [7, 11) is -4.83. The summed E-state index contributed by atoms with van der Waals surface area (Å²) in [5.74, 6) is 5.31. The molecule has 0 aromatic heterocycles. The zero-order valence-corrected chi connectivity index (χ0v) is 16.3. The third-order valence-corrected chi connectivity index (χ3v) is 5.48. The minimum atomic E-state index is -4.83. The van der Waals surface area contributed by atoms with Gasteiger partial charge in [0.15, 0.2) is 0 Å². The molecule has 2 bridgehead atoms. The average Bonchev–Trinajstić information content (AvgIpc) is 3.21. The Balaban J connectivity index is 1.46. The van der Waals surface area contributed by atoms with Crippen LogP contribution in [-0.2, 0) is 24.3 Å². The molecule has 3 saturated heterocycles. The van der Waals surface area contributed by atoms with Crippen molar-refractivity contribution in [1.82, 2.24) is 25.8 Å². The third kappa shape index (κ3) is 5.06. The predicted molar refractivity (Wildman–Crippen MR) is 97.0 cm³/mol. The molecule has 3 aliphatic heterocycles. The largest absolute Gasteiger partial charge is 0.418 e. The topological polar surface area (TPSA) is 193 Å². The van der Waals surface area contributed by atoms with E-state index in [0.717, 1.165) is 0 Å². The zero-order valence-electron chi connectivity index (χ0n) is 15.5. The number of piperidine rings is 1. The maximum atomic E-state index is 12.4. The van der Waals surface area contributed by atoms with Gasteiger partial charge in [-0.3, -0.25) is 14.2 Å². The van der Waals surface area contributed by atoms with E-state index in [4.69, 9.17) is 21.0 Å². The number of amides is 3. The van der Waals surface area contributed by atoms with Crippen molar-refractivity contribution in [3.05, 3.63) is 12.4 Å². The standard InChI is InChI=1S/C14H25N7O7S/c15-3-4-20(16)11-5-9(17-6-11)8-27-18-13(22)12-2-1-10-7-19(12)14(23)21(10)28-29(24,25)26/h3-4,9-12,17H,1-2,5-8,15-16H2,(H,18,22)(H,24,25,26)/b4-3-/t9-,10+,11+,12+/m1/s1. The van der Waals surface area contributed by atoms with Crippen LogP contribution in [0, 0.1) is 0 Å². The van der Waals surface area contributed by atoms with Crippen molar-refractivity contribution < 1.29 is 31.7 Å². The summed E-state index contributed by atoms with van der Waals surface area (Å²) in [6.45, 7) is 0.946. The van der Waals surface area contributed by atoms with Gasteiger partial charge in [-0.2, -0.15) is 13.5 Å². The third-order valence-electron chi connectivity index (χ3n) is 5.14. The Morgan fingerprint density at radius 2 is 2.21 bits per heavy atom. The number of rotatable bonds is 8. The molecule has 29 heavy (non-hydrogen) atoms. The molecule has 0 spiro atoms. The minimum absolute atomic E-state index is 0.0275. The Bertz CT molecular complexity index is 763. The summed E-state index contributed by atoms with van der Waals surface area (Å²) in [4.78, 5) is 31.2. The highest BCUT2D eigenvalue weighted by Gasteiger charge is 2.49. The molecule has 0 aliphatic carbocycles. The van der Waals surface area contributed by atoms with E-state index < -0.39 is 34.4 Å². The molecule has 3 aliphatic rings. The summed E-state index contributed by atoms with van der Waals surface area (Å²) < 4.78 is 34.9. The molecule has 3 amide bonds. The quantitative estimate of drug-likeness (QED) is 0.152. The van der Waals surface area contributed by atoms with Crippen LogP contribution in [0.5, 0.6) is 0 Å². The second-order valence-corrected chi connectivity index (χ2v) is 8.08. The first-order valence-electron chi connectivity index (χ1n) is 9.03. The number of hydrazine groups is 1.